The number of aromatic nitrogens is 1. The van der Waals surface area contributed by atoms with Crippen molar-refractivity contribution in [3.63, 3.8) is 0 Å². The van der Waals surface area contributed by atoms with E-state index in [4.69, 9.17) is 11.6 Å². The normalized spacial score (nSPS) is 20.8. The molecule has 2 rings (SSSR count). The van der Waals surface area contributed by atoms with E-state index in [1.165, 1.54) is 25.1 Å². The lowest BCUT2D eigenvalue weighted by Crippen LogP contribution is -2.32. The molecule has 18 heavy (non-hydrogen) atoms. The van der Waals surface area contributed by atoms with Crippen LogP contribution in [0.25, 0.3) is 0 Å². The van der Waals surface area contributed by atoms with Crippen molar-refractivity contribution in [1.82, 2.24) is 9.71 Å². The van der Waals surface area contributed by atoms with Crippen LogP contribution in [-0.2, 0) is 10.0 Å². The van der Waals surface area contributed by atoms with Gasteiger partial charge in [-0.1, -0.05) is 18.0 Å². The second kappa shape index (κ2) is 6.23. The third-order valence-electron chi connectivity index (χ3n) is 2.79. The molecule has 0 aliphatic carbocycles. The first-order valence-corrected chi connectivity index (χ1v) is 8.72. The van der Waals surface area contributed by atoms with Gasteiger partial charge in [0.1, 0.15) is 10.0 Å². The van der Waals surface area contributed by atoms with Crippen molar-refractivity contribution < 1.29 is 8.42 Å². The fourth-order valence-electron chi connectivity index (χ4n) is 1.82. The molecule has 0 bridgehead atoms. The van der Waals surface area contributed by atoms with Crippen LogP contribution in [0.4, 0.5) is 0 Å². The van der Waals surface area contributed by atoms with E-state index in [-0.39, 0.29) is 10.0 Å². The van der Waals surface area contributed by atoms with Gasteiger partial charge in [0, 0.05) is 18.0 Å². The lowest BCUT2D eigenvalue weighted by Gasteiger charge is -2.21. The summed E-state index contributed by atoms with van der Waals surface area (Å²) >= 11 is 7.62. The van der Waals surface area contributed by atoms with Crippen LogP contribution in [0, 0.1) is 0 Å². The zero-order valence-electron chi connectivity index (χ0n) is 9.80. The molecule has 1 N–H and O–H groups in total. The van der Waals surface area contributed by atoms with Crippen molar-refractivity contribution in [2.45, 2.75) is 29.4 Å². The summed E-state index contributed by atoms with van der Waals surface area (Å²) in [7, 11) is -3.55. The van der Waals surface area contributed by atoms with Gasteiger partial charge in [-0.3, -0.25) is 0 Å². The first-order chi connectivity index (χ1) is 8.59. The Morgan fingerprint density at radius 1 is 1.50 bits per heavy atom. The maximum absolute atomic E-state index is 12.1. The third kappa shape index (κ3) is 3.60. The highest BCUT2D eigenvalue weighted by molar-refractivity contribution is 8.00. The molecule has 1 atom stereocenters. The molecule has 0 radical (unpaired) electrons. The molecule has 7 heteroatoms. The lowest BCUT2D eigenvalue weighted by atomic mass is 10.2. The summed E-state index contributed by atoms with van der Waals surface area (Å²) in [6.45, 7) is 0.457. The third-order valence-corrected chi connectivity index (χ3v) is 6.06. The summed E-state index contributed by atoms with van der Waals surface area (Å²) in [5.41, 5.74) is 0. The molecule has 1 unspecified atom stereocenters. The highest BCUT2D eigenvalue weighted by Crippen LogP contribution is 2.25. The fourth-order valence-corrected chi connectivity index (χ4v) is 4.70. The minimum atomic E-state index is -3.55. The highest BCUT2D eigenvalue weighted by Gasteiger charge is 2.21. The number of nitrogens with one attached hydrogen (secondary N) is 1. The van der Waals surface area contributed by atoms with Crippen molar-refractivity contribution >= 4 is 33.4 Å². The number of nitrogens with zero attached hydrogens (tertiary/aromatic N) is 1. The van der Waals surface area contributed by atoms with Crippen molar-refractivity contribution in [2.75, 3.05) is 12.3 Å². The van der Waals surface area contributed by atoms with Gasteiger partial charge < -0.3 is 0 Å². The molecule has 1 fully saturated rings. The first-order valence-electron chi connectivity index (χ1n) is 5.81. The Morgan fingerprint density at radius 2 is 2.33 bits per heavy atom. The Morgan fingerprint density at radius 3 is 3.00 bits per heavy atom. The molecule has 1 aliphatic rings. The SMILES string of the molecule is O=S(=O)(NCC1CCCCS1)c1cccnc1Cl. The molecule has 100 valence electrons. The smallest absolute Gasteiger partial charge is 0.243 e. The van der Waals surface area contributed by atoms with Crippen LogP contribution in [0.1, 0.15) is 19.3 Å². The van der Waals surface area contributed by atoms with Crippen LogP contribution in [0.3, 0.4) is 0 Å². The maximum Gasteiger partial charge on any atom is 0.243 e. The molecule has 0 amide bonds. The summed E-state index contributed by atoms with van der Waals surface area (Å²) in [6, 6.07) is 3.03. The Bertz CT molecular complexity index is 502. The first kappa shape index (κ1) is 14.1. The summed E-state index contributed by atoms with van der Waals surface area (Å²) in [5, 5.41) is 0.380. The van der Waals surface area contributed by atoms with E-state index in [2.05, 4.69) is 9.71 Å². The minimum absolute atomic E-state index is 0.0151. The van der Waals surface area contributed by atoms with E-state index in [1.807, 2.05) is 11.8 Å². The number of pyridine rings is 1. The standard InChI is InChI=1S/C11H15ClN2O2S2/c12-11-10(5-3-6-13-11)18(15,16)14-8-9-4-1-2-7-17-9/h3,5-6,9,14H,1-2,4,7-8H2. The van der Waals surface area contributed by atoms with Gasteiger partial charge in [-0.2, -0.15) is 11.8 Å². The molecule has 2 heterocycles. The van der Waals surface area contributed by atoms with Gasteiger partial charge in [-0.15, -0.1) is 0 Å². The Balaban J connectivity index is 2.01. The zero-order valence-corrected chi connectivity index (χ0v) is 12.2. The molecule has 0 saturated carbocycles. The zero-order chi connectivity index (χ0) is 13.0. The average Bonchev–Trinajstić information content (AvgIpc) is 2.38. The number of sulfonamides is 1. The summed E-state index contributed by atoms with van der Waals surface area (Å²) in [4.78, 5) is 3.83. The number of hydrogen-bond acceptors (Lipinski definition) is 4. The number of thioether (sulfide) groups is 1. The highest BCUT2D eigenvalue weighted by atomic mass is 35.5. The Kier molecular flexibility index (Phi) is 4.89. The Labute approximate surface area is 117 Å². The monoisotopic (exact) mass is 306 g/mol. The van der Waals surface area contributed by atoms with Crippen molar-refractivity contribution in [3.8, 4) is 0 Å². The van der Waals surface area contributed by atoms with Gasteiger partial charge in [-0.05, 0) is 30.7 Å². The van der Waals surface area contributed by atoms with Gasteiger partial charge in [-0.25, -0.2) is 18.1 Å². The van der Waals surface area contributed by atoms with E-state index in [0.29, 0.717) is 11.8 Å². The van der Waals surface area contributed by atoms with Crippen LogP contribution in [0.15, 0.2) is 23.2 Å². The van der Waals surface area contributed by atoms with E-state index in [0.717, 1.165) is 12.2 Å². The quantitative estimate of drug-likeness (QED) is 0.867. The van der Waals surface area contributed by atoms with E-state index >= 15 is 0 Å². The van der Waals surface area contributed by atoms with Gasteiger partial charge in [0.15, 0.2) is 0 Å². The molecule has 1 aliphatic heterocycles. The number of rotatable bonds is 4. The lowest BCUT2D eigenvalue weighted by molar-refractivity contribution is 0.573. The fraction of sp³-hybridized carbons (Fsp3) is 0.545. The molecule has 1 aromatic rings. The molecule has 4 nitrogen and oxygen atoms in total. The van der Waals surface area contributed by atoms with E-state index in [1.54, 1.807) is 6.07 Å². The topological polar surface area (TPSA) is 59.1 Å². The van der Waals surface area contributed by atoms with Crippen LogP contribution in [-0.4, -0.2) is 30.9 Å². The summed E-state index contributed by atoms with van der Waals surface area (Å²) in [6.07, 6.45) is 4.93. The minimum Gasteiger partial charge on any atom is -0.243 e. The second-order valence-corrected chi connectivity index (χ2v) is 7.63. The Hall–Kier alpha value is -0.300. The second-order valence-electron chi connectivity index (χ2n) is 4.13. The van der Waals surface area contributed by atoms with Crippen LogP contribution < -0.4 is 4.72 Å². The average molecular weight is 307 g/mol. The molecule has 1 saturated heterocycles. The van der Waals surface area contributed by atoms with Crippen LogP contribution in [0.5, 0.6) is 0 Å². The number of halogens is 1. The van der Waals surface area contributed by atoms with Crippen molar-refractivity contribution in [2.24, 2.45) is 0 Å². The molecule has 1 aromatic heterocycles. The summed E-state index contributed by atoms with van der Waals surface area (Å²) < 4.78 is 26.7. The van der Waals surface area contributed by atoms with Gasteiger partial charge in [0.2, 0.25) is 10.0 Å². The predicted molar refractivity (Wildman–Crippen MR) is 74.5 cm³/mol. The number of hydrogen-bond donors (Lipinski definition) is 1. The van der Waals surface area contributed by atoms with Crippen LogP contribution >= 0.6 is 23.4 Å². The molecular weight excluding hydrogens is 292 g/mol. The van der Waals surface area contributed by atoms with Gasteiger partial charge in [0.05, 0.1) is 0 Å². The van der Waals surface area contributed by atoms with Crippen molar-refractivity contribution in [3.05, 3.63) is 23.5 Å². The molecule has 0 aromatic carbocycles. The van der Waals surface area contributed by atoms with Crippen LogP contribution in [0.2, 0.25) is 5.15 Å². The van der Waals surface area contributed by atoms with Gasteiger partial charge in [0.25, 0.3) is 0 Å². The maximum atomic E-state index is 12.1. The van der Waals surface area contributed by atoms with Gasteiger partial charge >= 0.3 is 0 Å². The van der Waals surface area contributed by atoms with Crippen molar-refractivity contribution in [1.29, 1.82) is 0 Å². The van der Waals surface area contributed by atoms with E-state index in [9.17, 15) is 8.42 Å². The molecule has 0 spiro atoms. The van der Waals surface area contributed by atoms with E-state index < -0.39 is 10.0 Å². The largest absolute Gasteiger partial charge is 0.243 e. The molecular formula is C11H15ClN2O2S2. The predicted octanol–water partition coefficient (Wildman–Crippen LogP) is 2.30. The summed E-state index contributed by atoms with van der Waals surface area (Å²) in [5.74, 6) is 1.11.